The molecule has 2 amide bonds. The Balaban J connectivity index is 1.46. The maximum absolute atomic E-state index is 12.5. The summed E-state index contributed by atoms with van der Waals surface area (Å²) < 4.78 is 15.6. The van der Waals surface area contributed by atoms with Crippen molar-refractivity contribution >= 4 is 28.8 Å². The van der Waals surface area contributed by atoms with Gasteiger partial charge in [-0.05, 0) is 38.0 Å². The van der Waals surface area contributed by atoms with Crippen LogP contribution in [-0.4, -0.2) is 67.5 Å². The van der Waals surface area contributed by atoms with Crippen LogP contribution in [0.2, 0.25) is 0 Å². The largest absolute Gasteiger partial charge is 0.484 e. The molecule has 166 valence electrons. The van der Waals surface area contributed by atoms with Crippen molar-refractivity contribution in [2.24, 2.45) is 5.92 Å². The second-order valence-electron chi connectivity index (χ2n) is 7.40. The van der Waals surface area contributed by atoms with Crippen molar-refractivity contribution < 1.29 is 28.3 Å². The maximum Gasteiger partial charge on any atom is 0.336 e. The lowest BCUT2D eigenvalue weighted by Crippen LogP contribution is -2.46. The van der Waals surface area contributed by atoms with Crippen LogP contribution in [0.1, 0.15) is 19.8 Å². The summed E-state index contributed by atoms with van der Waals surface area (Å²) in [5, 5.41) is 0.743. The van der Waals surface area contributed by atoms with E-state index in [9.17, 15) is 19.2 Å². The van der Waals surface area contributed by atoms with E-state index >= 15 is 0 Å². The van der Waals surface area contributed by atoms with Gasteiger partial charge in [0.2, 0.25) is 5.91 Å². The zero-order valence-electron chi connectivity index (χ0n) is 17.7. The van der Waals surface area contributed by atoms with Gasteiger partial charge < -0.3 is 23.7 Å². The summed E-state index contributed by atoms with van der Waals surface area (Å²) in [6.07, 6.45) is 1.12. The van der Waals surface area contributed by atoms with E-state index < -0.39 is 5.63 Å². The first-order valence-electron chi connectivity index (χ1n) is 10.2. The van der Waals surface area contributed by atoms with Crippen molar-refractivity contribution in [2.75, 3.05) is 39.9 Å². The van der Waals surface area contributed by atoms with E-state index in [1.165, 1.54) is 18.0 Å². The Morgan fingerprint density at radius 1 is 1.16 bits per heavy atom. The number of likely N-dealkylation sites (tertiary alicyclic amines) is 1. The fourth-order valence-corrected chi connectivity index (χ4v) is 3.40. The van der Waals surface area contributed by atoms with E-state index in [1.807, 2.05) is 0 Å². The van der Waals surface area contributed by atoms with Crippen LogP contribution in [0.4, 0.5) is 0 Å². The van der Waals surface area contributed by atoms with Crippen LogP contribution in [-0.2, 0) is 19.1 Å². The summed E-state index contributed by atoms with van der Waals surface area (Å²) in [5.74, 6) is -0.541. The lowest BCUT2D eigenvalue weighted by atomic mass is 9.97. The Morgan fingerprint density at radius 2 is 1.87 bits per heavy atom. The molecule has 0 N–H and O–H groups in total. The topological polar surface area (TPSA) is 106 Å². The fraction of sp³-hybridized carbons (Fsp3) is 0.455. The van der Waals surface area contributed by atoms with E-state index in [4.69, 9.17) is 13.9 Å². The van der Waals surface area contributed by atoms with Gasteiger partial charge in [-0.25, -0.2) is 4.79 Å². The molecular formula is C22H26N2O7. The minimum atomic E-state index is -0.467. The van der Waals surface area contributed by atoms with Crippen LogP contribution < -0.4 is 10.4 Å². The van der Waals surface area contributed by atoms with Gasteiger partial charge in [-0.2, -0.15) is 0 Å². The number of esters is 1. The van der Waals surface area contributed by atoms with Crippen molar-refractivity contribution in [3.63, 3.8) is 0 Å². The van der Waals surface area contributed by atoms with Crippen LogP contribution in [0.3, 0.4) is 0 Å². The second-order valence-corrected chi connectivity index (χ2v) is 7.40. The predicted molar refractivity (Wildman–Crippen MR) is 112 cm³/mol. The Hall–Kier alpha value is -3.36. The average Bonchev–Trinajstić information content (AvgIpc) is 2.77. The molecule has 1 fully saturated rings. The number of fused-ring (bicyclic) bond motifs is 1. The Morgan fingerprint density at radius 3 is 2.58 bits per heavy atom. The van der Waals surface area contributed by atoms with Crippen molar-refractivity contribution in [3.05, 3.63) is 40.8 Å². The smallest absolute Gasteiger partial charge is 0.336 e. The lowest BCUT2D eigenvalue weighted by Gasteiger charge is -2.32. The van der Waals surface area contributed by atoms with Gasteiger partial charge in [-0.1, -0.05) is 0 Å². The molecule has 0 radical (unpaired) electrons. The molecule has 0 unspecified atom stereocenters. The number of amides is 2. The number of benzene rings is 1. The lowest BCUT2D eigenvalue weighted by molar-refractivity contribution is -0.151. The van der Waals surface area contributed by atoms with Crippen LogP contribution in [0.5, 0.6) is 5.75 Å². The molecule has 0 saturated carbocycles. The third kappa shape index (κ3) is 5.84. The second kappa shape index (κ2) is 10.1. The Labute approximate surface area is 179 Å². The van der Waals surface area contributed by atoms with E-state index in [0.717, 1.165) is 5.39 Å². The molecule has 1 aliphatic rings. The SMILES string of the molecule is CCOC(=O)C1CCN(C(=O)CN(C)C(=O)COc2ccc3ccc(=O)oc3c2)CC1. The summed E-state index contributed by atoms with van der Waals surface area (Å²) in [4.78, 5) is 51.0. The zero-order valence-corrected chi connectivity index (χ0v) is 17.7. The van der Waals surface area contributed by atoms with Crippen LogP contribution in [0.25, 0.3) is 11.0 Å². The standard InChI is InChI=1S/C22H26N2O7/c1-3-29-22(28)16-8-10-24(11-9-16)19(25)13-23(2)20(26)14-30-17-6-4-15-5-7-21(27)31-18(15)12-17/h4-7,12,16H,3,8-11,13-14H2,1-2H3. The van der Waals surface area contributed by atoms with Crippen molar-refractivity contribution in [2.45, 2.75) is 19.8 Å². The van der Waals surface area contributed by atoms with Crippen molar-refractivity contribution in [1.29, 1.82) is 0 Å². The van der Waals surface area contributed by atoms with E-state index in [2.05, 4.69) is 0 Å². The van der Waals surface area contributed by atoms with E-state index in [-0.39, 0.29) is 36.9 Å². The normalized spacial score (nSPS) is 14.3. The first-order chi connectivity index (χ1) is 14.9. The monoisotopic (exact) mass is 430 g/mol. The number of nitrogens with zero attached hydrogens (tertiary/aromatic N) is 2. The van der Waals surface area contributed by atoms with Gasteiger partial charge in [0, 0.05) is 37.7 Å². The number of carbonyl (C=O) groups excluding carboxylic acids is 3. The number of hydrogen-bond donors (Lipinski definition) is 0. The number of hydrogen-bond acceptors (Lipinski definition) is 7. The van der Waals surface area contributed by atoms with Gasteiger partial charge in [0.15, 0.2) is 6.61 Å². The Bertz CT molecular complexity index is 1010. The molecular weight excluding hydrogens is 404 g/mol. The number of piperidine rings is 1. The quantitative estimate of drug-likeness (QED) is 0.483. The predicted octanol–water partition coefficient (Wildman–Crippen LogP) is 1.43. The van der Waals surface area contributed by atoms with Gasteiger partial charge in [0.1, 0.15) is 11.3 Å². The summed E-state index contributed by atoms with van der Waals surface area (Å²) in [5.41, 5.74) is -0.0996. The number of likely N-dealkylation sites (N-methyl/N-ethyl adjacent to an activating group) is 1. The highest BCUT2D eigenvalue weighted by molar-refractivity contribution is 5.85. The highest BCUT2D eigenvalue weighted by Gasteiger charge is 2.29. The molecule has 1 aliphatic heterocycles. The van der Waals surface area contributed by atoms with Gasteiger partial charge in [0.25, 0.3) is 5.91 Å². The zero-order chi connectivity index (χ0) is 22.4. The molecule has 31 heavy (non-hydrogen) atoms. The van der Waals surface area contributed by atoms with E-state index in [0.29, 0.717) is 43.9 Å². The molecule has 1 aromatic heterocycles. The van der Waals surface area contributed by atoms with Gasteiger partial charge in [0.05, 0.1) is 19.1 Å². The summed E-state index contributed by atoms with van der Waals surface area (Å²) >= 11 is 0. The highest BCUT2D eigenvalue weighted by Crippen LogP contribution is 2.20. The molecule has 0 spiro atoms. The van der Waals surface area contributed by atoms with Crippen LogP contribution >= 0.6 is 0 Å². The maximum atomic E-state index is 12.5. The molecule has 2 aromatic rings. The molecule has 9 nitrogen and oxygen atoms in total. The minimum Gasteiger partial charge on any atom is -0.484 e. The van der Waals surface area contributed by atoms with Crippen molar-refractivity contribution in [3.8, 4) is 5.75 Å². The van der Waals surface area contributed by atoms with Gasteiger partial charge >= 0.3 is 11.6 Å². The summed E-state index contributed by atoms with van der Waals surface area (Å²) in [7, 11) is 1.54. The first kappa shape index (κ1) is 22.3. The third-order valence-electron chi connectivity index (χ3n) is 5.22. The molecule has 0 bridgehead atoms. The van der Waals surface area contributed by atoms with Crippen LogP contribution in [0, 0.1) is 5.92 Å². The summed E-state index contributed by atoms with van der Waals surface area (Å²) in [6, 6.07) is 7.92. The molecule has 1 aromatic carbocycles. The average molecular weight is 430 g/mol. The molecule has 0 aliphatic carbocycles. The van der Waals surface area contributed by atoms with Gasteiger partial charge in [-0.15, -0.1) is 0 Å². The minimum absolute atomic E-state index is 0.0706. The molecule has 9 heteroatoms. The molecule has 3 rings (SSSR count). The third-order valence-corrected chi connectivity index (χ3v) is 5.22. The first-order valence-corrected chi connectivity index (χ1v) is 10.2. The molecule has 0 atom stereocenters. The van der Waals surface area contributed by atoms with Crippen LogP contribution in [0.15, 0.2) is 39.5 Å². The van der Waals surface area contributed by atoms with E-state index in [1.54, 1.807) is 36.1 Å². The van der Waals surface area contributed by atoms with Gasteiger partial charge in [-0.3, -0.25) is 14.4 Å². The number of carbonyl (C=O) groups is 3. The number of rotatable bonds is 7. The highest BCUT2D eigenvalue weighted by atomic mass is 16.5. The molecule has 1 saturated heterocycles. The van der Waals surface area contributed by atoms with Crippen molar-refractivity contribution in [1.82, 2.24) is 9.80 Å². The summed E-state index contributed by atoms with van der Waals surface area (Å²) in [6.45, 7) is 2.72. The number of ether oxygens (including phenoxy) is 2. The molecule has 2 heterocycles. The Kier molecular flexibility index (Phi) is 7.28. The fourth-order valence-electron chi connectivity index (χ4n) is 3.40.